The Hall–Kier alpha value is -3.24. The minimum Gasteiger partial charge on any atom is -0.508 e. The van der Waals surface area contributed by atoms with Crippen molar-refractivity contribution in [2.45, 2.75) is 44.6 Å². The number of benzene rings is 2. The summed E-state index contributed by atoms with van der Waals surface area (Å²) in [7, 11) is 0. The molecule has 0 aliphatic carbocycles. The normalized spacial score (nSPS) is 18.6. The highest BCUT2D eigenvalue weighted by Crippen LogP contribution is 2.41. The fourth-order valence-corrected chi connectivity index (χ4v) is 7.56. The molecular weight excluding hydrogens is 544 g/mol. The molecule has 0 amide bonds. The van der Waals surface area contributed by atoms with Crippen LogP contribution in [0.3, 0.4) is 0 Å². The van der Waals surface area contributed by atoms with E-state index in [0.29, 0.717) is 52.0 Å². The van der Waals surface area contributed by atoms with Crippen molar-refractivity contribution in [3.8, 4) is 23.0 Å². The lowest BCUT2D eigenvalue weighted by molar-refractivity contribution is 0.108. The topological polar surface area (TPSA) is 83.4 Å². The first kappa shape index (κ1) is 26.6. The number of anilines is 1. The van der Waals surface area contributed by atoms with Gasteiger partial charge in [-0.1, -0.05) is 13.0 Å². The second-order valence-corrected chi connectivity index (χ2v) is 12.6. The number of hydrogen-bond acceptors (Lipinski definition) is 8. The molecule has 3 fully saturated rings. The number of halogens is 2. The minimum atomic E-state index is -0.656. The number of thioether (sulfide) groups is 1. The molecule has 4 aromatic rings. The maximum absolute atomic E-state index is 16.5. The summed E-state index contributed by atoms with van der Waals surface area (Å²) >= 11 is 1.90. The summed E-state index contributed by atoms with van der Waals surface area (Å²) in [6.07, 6.45) is 6.42. The predicted molar refractivity (Wildman–Crippen MR) is 159 cm³/mol. The number of hydrogen-bond donors (Lipinski definition) is 2. The van der Waals surface area contributed by atoms with Gasteiger partial charge in [-0.25, -0.2) is 8.78 Å². The van der Waals surface area contributed by atoms with Gasteiger partial charge in [-0.2, -0.15) is 21.7 Å². The Kier molecular flexibility index (Phi) is 6.85. The van der Waals surface area contributed by atoms with Crippen LogP contribution in [0, 0.1) is 17.6 Å². The lowest BCUT2D eigenvalue weighted by atomic mass is 9.94. The van der Waals surface area contributed by atoms with Crippen LogP contribution >= 0.6 is 11.8 Å². The van der Waals surface area contributed by atoms with E-state index in [2.05, 4.69) is 25.2 Å². The number of ether oxygens (including phenoxy) is 1. The number of aromatic nitrogens is 3. The quantitative estimate of drug-likeness (QED) is 0.257. The first-order valence-corrected chi connectivity index (χ1v) is 15.6. The molecule has 2 N–H and O–H groups in total. The van der Waals surface area contributed by atoms with E-state index >= 15 is 4.39 Å². The van der Waals surface area contributed by atoms with Gasteiger partial charge in [-0.15, -0.1) is 0 Å². The summed E-state index contributed by atoms with van der Waals surface area (Å²) < 4.78 is 37.6. The van der Waals surface area contributed by atoms with Crippen LogP contribution in [-0.2, 0) is 6.42 Å². The first-order chi connectivity index (χ1) is 20.0. The third kappa shape index (κ3) is 4.65. The van der Waals surface area contributed by atoms with Crippen LogP contribution in [0.5, 0.6) is 11.8 Å². The smallest absolute Gasteiger partial charge is 0.319 e. The van der Waals surface area contributed by atoms with Crippen LogP contribution in [0.4, 0.5) is 14.6 Å². The molecular formula is C31H33F2N5O2S. The molecule has 3 saturated heterocycles. The molecule has 7 rings (SSSR count). The fourth-order valence-electron chi connectivity index (χ4n) is 6.76. The van der Waals surface area contributed by atoms with Gasteiger partial charge in [0.1, 0.15) is 35.2 Å². The molecule has 0 spiro atoms. The Bertz CT molecular complexity index is 1640. The van der Waals surface area contributed by atoms with Crippen LogP contribution < -0.4 is 10.1 Å². The van der Waals surface area contributed by atoms with Gasteiger partial charge in [0.15, 0.2) is 5.82 Å². The maximum Gasteiger partial charge on any atom is 0.319 e. The molecule has 214 valence electrons. The molecule has 10 heteroatoms. The Balaban J connectivity index is 1.34. The maximum atomic E-state index is 16.5. The van der Waals surface area contributed by atoms with E-state index < -0.39 is 5.82 Å². The average molecular weight is 578 g/mol. The molecule has 7 nitrogen and oxygen atoms in total. The van der Waals surface area contributed by atoms with E-state index in [-0.39, 0.29) is 34.3 Å². The Morgan fingerprint density at radius 2 is 1.95 bits per heavy atom. The van der Waals surface area contributed by atoms with Gasteiger partial charge < -0.3 is 15.2 Å². The molecule has 3 aliphatic heterocycles. The number of fused-ring (bicyclic) bond motifs is 3. The molecule has 0 radical (unpaired) electrons. The van der Waals surface area contributed by atoms with E-state index in [1.165, 1.54) is 12.1 Å². The van der Waals surface area contributed by atoms with Crippen molar-refractivity contribution in [2.24, 2.45) is 5.92 Å². The zero-order chi connectivity index (χ0) is 28.1. The molecule has 41 heavy (non-hydrogen) atoms. The summed E-state index contributed by atoms with van der Waals surface area (Å²) in [5.74, 6) is 2.10. The van der Waals surface area contributed by atoms with Crippen molar-refractivity contribution in [3.05, 3.63) is 47.7 Å². The van der Waals surface area contributed by atoms with Gasteiger partial charge in [0, 0.05) is 18.3 Å². The summed E-state index contributed by atoms with van der Waals surface area (Å²) in [5.41, 5.74) is 0.857. The standard InChI is InChI=1S/C31H33F2N5O2S/c1-2-21-24(32)6-5-19-11-20(39)12-22(25(19)21)27-26(33)28-23(14-34-27)29(35-13-18-15-41-16-18)37-30(36-28)40-17-31-7-3-9-38(31)10-4-8-31/h5-6,11-12,14,18,39H,2-4,7-10,13,15-17H2,1H3,(H,35,36,37). The Labute approximate surface area is 241 Å². The average Bonchev–Trinajstić information content (AvgIpc) is 3.52. The summed E-state index contributed by atoms with van der Waals surface area (Å²) in [5, 5.41) is 15.5. The van der Waals surface area contributed by atoms with Gasteiger partial charge >= 0.3 is 6.01 Å². The third-order valence-corrected chi connectivity index (χ3v) is 10.4. The highest BCUT2D eigenvalue weighted by atomic mass is 32.2. The number of phenols is 1. The van der Waals surface area contributed by atoms with Crippen molar-refractivity contribution in [2.75, 3.05) is 43.1 Å². The van der Waals surface area contributed by atoms with Crippen LogP contribution in [-0.4, -0.2) is 68.2 Å². The van der Waals surface area contributed by atoms with Crippen molar-refractivity contribution in [1.82, 2.24) is 19.9 Å². The van der Waals surface area contributed by atoms with Crippen molar-refractivity contribution in [3.63, 3.8) is 0 Å². The highest BCUT2D eigenvalue weighted by molar-refractivity contribution is 8.00. The van der Waals surface area contributed by atoms with Crippen LogP contribution in [0.15, 0.2) is 30.5 Å². The molecule has 2 aromatic heterocycles. The van der Waals surface area contributed by atoms with Crippen molar-refractivity contribution < 1.29 is 18.6 Å². The number of rotatable bonds is 8. The Morgan fingerprint density at radius 1 is 1.15 bits per heavy atom. The second-order valence-electron chi connectivity index (χ2n) is 11.5. The van der Waals surface area contributed by atoms with Crippen molar-refractivity contribution in [1.29, 1.82) is 0 Å². The lowest BCUT2D eigenvalue weighted by Gasteiger charge is -2.31. The molecule has 0 atom stereocenters. The molecule has 0 bridgehead atoms. The minimum absolute atomic E-state index is 0.000970. The number of nitrogens with one attached hydrogen (secondary N) is 1. The van der Waals surface area contributed by atoms with E-state index in [1.54, 1.807) is 18.3 Å². The van der Waals surface area contributed by atoms with E-state index in [0.717, 1.165) is 56.8 Å². The molecule has 2 aromatic carbocycles. The number of phenolic OH excluding ortho intramolecular Hbond substituents is 1. The second kappa shape index (κ2) is 10.5. The zero-order valence-electron chi connectivity index (χ0n) is 23.1. The number of aryl methyl sites for hydroxylation is 1. The SMILES string of the molecule is CCc1c(F)ccc2cc(O)cc(-c3ncc4c(NCC5CSC5)nc(OCC56CCCN5CCC6)nc4c3F)c12. The zero-order valence-corrected chi connectivity index (χ0v) is 23.9. The number of pyridine rings is 1. The lowest BCUT2D eigenvalue weighted by Crippen LogP contribution is -2.43. The van der Waals surface area contributed by atoms with Gasteiger partial charge in [-0.05, 0) is 97.2 Å². The van der Waals surface area contributed by atoms with Gasteiger partial charge in [0.25, 0.3) is 0 Å². The largest absolute Gasteiger partial charge is 0.508 e. The van der Waals surface area contributed by atoms with Crippen LogP contribution in [0.25, 0.3) is 32.9 Å². The van der Waals surface area contributed by atoms with Gasteiger partial charge in [0.2, 0.25) is 0 Å². The molecule has 5 heterocycles. The third-order valence-electron chi connectivity index (χ3n) is 8.97. The molecule has 0 saturated carbocycles. The van der Waals surface area contributed by atoms with Crippen LogP contribution in [0.1, 0.15) is 38.2 Å². The number of nitrogens with zero attached hydrogens (tertiary/aromatic N) is 4. The summed E-state index contributed by atoms with van der Waals surface area (Å²) in [4.78, 5) is 16.3. The van der Waals surface area contributed by atoms with E-state index in [1.807, 2.05) is 18.7 Å². The van der Waals surface area contributed by atoms with Gasteiger partial charge in [-0.3, -0.25) is 9.88 Å². The summed E-state index contributed by atoms with van der Waals surface area (Å²) in [6, 6.07) is 6.10. The fraction of sp³-hybridized carbons (Fsp3) is 0.452. The van der Waals surface area contributed by atoms with Crippen molar-refractivity contribution >= 4 is 39.3 Å². The van der Waals surface area contributed by atoms with Gasteiger partial charge in [0.05, 0.1) is 10.9 Å². The van der Waals surface area contributed by atoms with E-state index in [4.69, 9.17) is 4.74 Å². The van der Waals surface area contributed by atoms with E-state index in [9.17, 15) is 9.50 Å². The molecule has 3 aliphatic rings. The molecule has 0 unspecified atom stereocenters. The monoisotopic (exact) mass is 577 g/mol. The first-order valence-electron chi connectivity index (χ1n) is 14.5. The van der Waals surface area contributed by atoms with Crippen LogP contribution in [0.2, 0.25) is 0 Å². The number of aromatic hydroxyl groups is 1. The summed E-state index contributed by atoms with van der Waals surface area (Å²) in [6.45, 7) is 5.19. The predicted octanol–water partition coefficient (Wildman–Crippen LogP) is 6.17. The Morgan fingerprint density at radius 3 is 2.68 bits per heavy atom. The highest BCUT2D eigenvalue weighted by Gasteiger charge is 2.45.